The molecule has 9 heteroatoms. The fraction of sp³-hybridized carbons (Fsp3) is 0.280. The number of carbonyl (C=O) groups is 3. The molecule has 9 nitrogen and oxygen atoms in total. The number of hydrogen-bond donors (Lipinski definition) is 3. The summed E-state index contributed by atoms with van der Waals surface area (Å²) >= 11 is 0. The summed E-state index contributed by atoms with van der Waals surface area (Å²) in [7, 11) is 0. The predicted molar refractivity (Wildman–Crippen MR) is 125 cm³/mol. The van der Waals surface area contributed by atoms with Crippen LogP contribution in [-0.2, 0) is 9.59 Å². The van der Waals surface area contributed by atoms with Crippen molar-refractivity contribution < 1.29 is 19.1 Å². The van der Waals surface area contributed by atoms with Gasteiger partial charge in [-0.2, -0.15) is 5.10 Å². The predicted octanol–water partition coefficient (Wildman–Crippen LogP) is 2.55. The zero-order chi connectivity index (χ0) is 23.8. The third-order valence-electron chi connectivity index (χ3n) is 5.74. The minimum atomic E-state index is -0.478. The Balaban J connectivity index is 1.17. The maximum absolute atomic E-state index is 12.5. The number of hydrogen-bond acceptors (Lipinski definition) is 5. The Bertz CT molecular complexity index is 1110. The van der Waals surface area contributed by atoms with Crippen LogP contribution in [0, 0.1) is 5.92 Å². The molecule has 2 heterocycles. The van der Waals surface area contributed by atoms with Gasteiger partial charge in [0, 0.05) is 24.6 Å². The lowest BCUT2D eigenvalue weighted by Crippen LogP contribution is -2.48. The van der Waals surface area contributed by atoms with E-state index >= 15 is 0 Å². The molecule has 4 rings (SSSR count). The average molecular weight is 462 g/mol. The fourth-order valence-electron chi connectivity index (χ4n) is 3.80. The molecule has 0 bridgehead atoms. The zero-order valence-electron chi connectivity index (χ0n) is 18.7. The number of piperidine rings is 1. The number of likely N-dealkylation sites (tertiary alicyclic amines) is 1. The van der Waals surface area contributed by atoms with Crippen molar-refractivity contribution in [2.75, 3.05) is 19.7 Å². The molecule has 1 aromatic heterocycles. The number of carbonyl (C=O) groups excluding carboxylic acids is 3. The summed E-state index contributed by atoms with van der Waals surface area (Å²) in [5.74, 6) is -0.271. The molecule has 3 N–H and O–H groups in total. The van der Waals surface area contributed by atoms with Crippen molar-refractivity contribution in [1.29, 1.82) is 0 Å². The molecule has 176 valence electrons. The highest BCUT2D eigenvalue weighted by Crippen LogP contribution is 2.19. The molecular weight excluding hydrogens is 434 g/mol. The first kappa shape index (κ1) is 23.0. The molecular formula is C25H27N5O4. The second-order valence-corrected chi connectivity index (χ2v) is 8.04. The number of hydrazine groups is 1. The fourth-order valence-corrected chi connectivity index (χ4v) is 3.80. The molecule has 3 aromatic rings. The number of rotatable bonds is 7. The number of nitrogens with one attached hydrogen (secondary N) is 3. The van der Waals surface area contributed by atoms with E-state index in [1.165, 1.54) is 0 Å². The Morgan fingerprint density at radius 1 is 0.971 bits per heavy atom. The summed E-state index contributed by atoms with van der Waals surface area (Å²) in [6.07, 6.45) is 1.36. The van der Waals surface area contributed by atoms with Gasteiger partial charge in [0.1, 0.15) is 11.4 Å². The number of aromatic amines is 1. The summed E-state index contributed by atoms with van der Waals surface area (Å²) < 4.78 is 5.59. The molecule has 0 aliphatic carbocycles. The number of ether oxygens (including phenoxy) is 1. The van der Waals surface area contributed by atoms with E-state index in [0.717, 1.165) is 11.3 Å². The summed E-state index contributed by atoms with van der Waals surface area (Å²) in [6, 6.07) is 20.5. The molecule has 0 saturated carbocycles. The highest BCUT2D eigenvalue weighted by molar-refractivity contribution is 5.94. The molecule has 0 radical (unpaired) electrons. The Hall–Kier alpha value is -4.14. The van der Waals surface area contributed by atoms with E-state index < -0.39 is 5.91 Å². The molecule has 2 aromatic carbocycles. The first-order valence-corrected chi connectivity index (χ1v) is 11.3. The number of nitrogens with zero attached hydrogens (tertiary/aromatic N) is 2. The average Bonchev–Trinajstić information content (AvgIpc) is 3.39. The van der Waals surface area contributed by atoms with Crippen LogP contribution in [0.1, 0.15) is 29.8 Å². The molecule has 3 amide bonds. The van der Waals surface area contributed by atoms with Gasteiger partial charge < -0.3 is 9.64 Å². The van der Waals surface area contributed by atoms with Crippen molar-refractivity contribution in [2.45, 2.75) is 19.3 Å². The van der Waals surface area contributed by atoms with Crippen molar-refractivity contribution in [2.24, 2.45) is 5.92 Å². The van der Waals surface area contributed by atoms with Gasteiger partial charge in [-0.15, -0.1) is 0 Å². The van der Waals surface area contributed by atoms with E-state index in [9.17, 15) is 14.4 Å². The van der Waals surface area contributed by atoms with E-state index in [2.05, 4.69) is 21.0 Å². The van der Waals surface area contributed by atoms with Gasteiger partial charge in [-0.1, -0.05) is 48.5 Å². The van der Waals surface area contributed by atoms with Crippen molar-refractivity contribution in [3.8, 4) is 17.0 Å². The largest absolute Gasteiger partial charge is 0.493 e. The van der Waals surface area contributed by atoms with E-state index in [0.29, 0.717) is 38.2 Å². The number of aromatic nitrogens is 2. The molecule has 0 unspecified atom stereocenters. The van der Waals surface area contributed by atoms with Crippen LogP contribution in [0.15, 0.2) is 66.7 Å². The molecule has 1 aliphatic heterocycles. The Kier molecular flexibility index (Phi) is 7.54. The van der Waals surface area contributed by atoms with Crippen LogP contribution in [0.4, 0.5) is 0 Å². The molecule has 34 heavy (non-hydrogen) atoms. The highest BCUT2D eigenvalue weighted by Gasteiger charge is 2.27. The van der Waals surface area contributed by atoms with Crippen LogP contribution in [0.5, 0.6) is 5.75 Å². The number of para-hydroxylation sites is 1. The van der Waals surface area contributed by atoms with Crippen molar-refractivity contribution in [1.82, 2.24) is 25.9 Å². The Labute approximate surface area is 197 Å². The van der Waals surface area contributed by atoms with Crippen LogP contribution in [0.2, 0.25) is 0 Å². The summed E-state index contributed by atoms with van der Waals surface area (Å²) in [4.78, 5) is 39.0. The first-order valence-electron chi connectivity index (χ1n) is 11.3. The first-order chi connectivity index (χ1) is 16.6. The van der Waals surface area contributed by atoms with E-state index in [1.54, 1.807) is 11.0 Å². The molecule has 1 fully saturated rings. The lowest BCUT2D eigenvalue weighted by atomic mass is 9.96. The van der Waals surface area contributed by atoms with Gasteiger partial charge in [-0.3, -0.25) is 30.3 Å². The normalized spacial score (nSPS) is 13.8. The van der Waals surface area contributed by atoms with Crippen LogP contribution >= 0.6 is 0 Å². The van der Waals surface area contributed by atoms with E-state index in [-0.39, 0.29) is 29.8 Å². The zero-order valence-corrected chi connectivity index (χ0v) is 18.7. The van der Waals surface area contributed by atoms with Gasteiger partial charge in [0.05, 0.1) is 18.7 Å². The van der Waals surface area contributed by atoms with Gasteiger partial charge >= 0.3 is 0 Å². The molecule has 1 aliphatic rings. The summed E-state index contributed by atoms with van der Waals surface area (Å²) in [5.41, 5.74) is 6.69. The topological polar surface area (TPSA) is 116 Å². The second kappa shape index (κ2) is 11.1. The SMILES string of the molecule is O=C(NNC(=O)C1CCN(C(=O)CCOc2ccccc2)CC1)c1cc(-c2ccccc2)n[nH]1. The number of H-pyrrole nitrogens is 1. The van der Waals surface area contributed by atoms with E-state index in [4.69, 9.17) is 4.74 Å². The van der Waals surface area contributed by atoms with Crippen LogP contribution < -0.4 is 15.6 Å². The van der Waals surface area contributed by atoms with Crippen molar-refractivity contribution in [3.63, 3.8) is 0 Å². The van der Waals surface area contributed by atoms with Crippen LogP contribution in [0.25, 0.3) is 11.3 Å². The van der Waals surface area contributed by atoms with Crippen molar-refractivity contribution >= 4 is 17.7 Å². The smallest absolute Gasteiger partial charge is 0.287 e. The molecule has 1 saturated heterocycles. The number of benzene rings is 2. The second-order valence-electron chi connectivity index (χ2n) is 8.04. The van der Waals surface area contributed by atoms with Gasteiger partial charge in [0.25, 0.3) is 5.91 Å². The third kappa shape index (κ3) is 6.00. The lowest BCUT2D eigenvalue weighted by Gasteiger charge is -2.31. The molecule has 0 atom stereocenters. The van der Waals surface area contributed by atoms with Gasteiger partial charge in [-0.25, -0.2) is 0 Å². The van der Waals surface area contributed by atoms with Crippen LogP contribution in [-0.4, -0.2) is 52.5 Å². The van der Waals surface area contributed by atoms with Crippen LogP contribution in [0.3, 0.4) is 0 Å². The maximum atomic E-state index is 12.5. The molecule has 0 spiro atoms. The van der Waals surface area contributed by atoms with Crippen molar-refractivity contribution in [3.05, 3.63) is 72.4 Å². The Morgan fingerprint density at radius 3 is 2.35 bits per heavy atom. The quantitative estimate of drug-likeness (QED) is 0.468. The minimum absolute atomic E-state index is 0.0107. The maximum Gasteiger partial charge on any atom is 0.287 e. The van der Waals surface area contributed by atoms with Gasteiger partial charge in [0.2, 0.25) is 11.8 Å². The highest BCUT2D eigenvalue weighted by atomic mass is 16.5. The van der Waals surface area contributed by atoms with Gasteiger partial charge in [0.15, 0.2) is 0 Å². The summed E-state index contributed by atoms with van der Waals surface area (Å²) in [5, 5.41) is 6.83. The Morgan fingerprint density at radius 2 is 1.65 bits per heavy atom. The monoisotopic (exact) mass is 461 g/mol. The third-order valence-corrected chi connectivity index (χ3v) is 5.74. The van der Waals surface area contributed by atoms with Gasteiger partial charge in [-0.05, 0) is 31.0 Å². The van der Waals surface area contributed by atoms with E-state index in [1.807, 2.05) is 60.7 Å². The lowest BCUT2D eigenvalue weighted by molar-refractivity contribution is -0.136. The minimum Gasteiger partial charge on any atom is -0.493 e. The standard InChI is InChI=1S/C25H27N5O4/c31-23(13-16-34-20-9-5-2-6-10-20)30-14-11-19(12-15-30)24(32)28-29-25(33)22-17-21(26-27-22)18-7-3-1-4-8-18/h1-10,17,19H,11-16H2,(H,26,27)(H,28,32)(H,29,33). The summed E-state index contributed by atoms with van der Waals surface area (Å²) in [6.45, 7) is 1.31. The number of amides is 3.